The second-order valence-electron chi connectivity index (χ2n) is 3.55. The Morgan fingerprint density at radius 1 is 0.684 bits per heavy atom. The molecule has 0 atom stereocenters. The Labute approximate surface area is 114 Å². The van der Waals surface area contributed by atoms with Gasteiger partial charge in [-0.15, -0.1) is 0 Å². The van der Waals surface area contributed by atoms with Gasteiger partial charge in [0.05, 0.1) is 21.3 Å². The first kappa shape index (κ1) is 15.8. The van der Waals surface area contributed by atoms with Crippen LogP contribution in [0.5, 0.6) is 17.2 Å². The van der Waals surface area contributed by atoms with E-state index in [1.807, 2.05) is 0 Å². The molecule has 0 heterocycles. The van der Waals surface area contributed by atoms with Gasteiger partial charge in [0.25, 0.3) is 0 Å². The second kappa shape index (κ2) is 6.76. The van der Waals surface area contributed by atoms with Crippen LogP contribution in [-0.4, -0.2) is 51.5 Å². The number of ether oxygens (including phenoxy) is 3. The first-order valence-electron chi connectivity index (χ1n) is 5.58. The van der Waals surface area contributed by atoms with Crippen LogP contribution in [-0.2, 0) is 13.3 Å². The molecule has 0 saturated carbocycles. The van der Waals surface area contributed by atoms with Crippen LogP contribution in [0.25, 0.3) is 0 Å². The molecule has 0 amide bonds. The van der Waals surface area contributed by atoms with Gasteiger partial charge in [0.1, 0.15) is 10.9 Å². The Hall–Kier alpha value is -1.28. The fourth-order valence-corrected chi connectivity index (χ4v) is 4.03. The molecule has 19 heavy (non-hydrogen) atoms. The van der Waals surface area contributed by atoms with Crippen molar-refractivity contribution in [3.05, 3.63) is 12.1 Å². The first-order chi connectivity index (χ1) is 9.13. The van der Waals surface area contributed by atoms with Gasteiger partial charge in [-0.05, 0) is 12.1 Å². The number of benzene rings is 1. The van der Waals surface area contributed by atoms with E-state index in [2.05, 4.69) is 0 Å². The molecule has 0 N–H and O–H groups in total. The van der Waals surface area contributed by atoms with Gasteiger partial charge < -0.3 is 27.5 Å². The molecule has 0 aliphatic carbocycles. The fraction of sp³-hybridized carbons (Fsp3) is 0.500. The highest BCUT2D eigenvalue weighted by atomic mass is 28.4. The highest BCUT2D eigenvalue weighted by molar-refractivity contribution is 6.77. The maximum Gasteiger partial charge on any atom is 0.544 e. The van der Waals surface area contributed by atoms with Crippen molar-refractivity contribution in [2.45, 2.75) is 0 Å². The molecule has 0 radical (unpaired) electrons. The Bertz CT molecular complexity index is 411. The summed E-state index contributed by atoms with van der Waals surface area (Å²) in [6.07, 6.45) is 0. The van der Waals surface area contributed by atoms with Gasteiger partial charge in [-0.1, -0.05) is 0 Å². The van der Waals surface area contributed by atoms with Crippen molar-refractivity contribution in [3.8, 4) is 17.2 Å². The molecule has 1 aromatic carbocycles. The van der Waals surface area contributed by atoms with Gasteiger partial charge in [0, 0.05) is 21.3 Å². The van der Waals surface area contributed by atoms with Gasteiger partial charge in [-0.25, -0.2) is 0 Å². The molecular formula is C12H20O6Si. The molecule has 1 rings (SSSR count). The van der Waals surface area contributed by atoms with Crippen LogP contribution in [0.15, 0.2) is 12.1 Å². The van der Waals surface area contributed by atoms with E-state index in [0.29, 0.717) is 22.4 Å². The monoisotopic (exact) mass is 288 g/mol. The van der Waals surface area contributed by atoms with Crippen LogP contribution in [0.3, 0.4) is 0 Å². The van der Waals surface area contributed by atoms with E-state index in [1.165, 1.54) is 21.3 Å². The third-order valence-electron chi connectivity index (χ3n) is 2.84. The fourth-order valence-electron chi connectivity index (χ4n) is 1.93. The van der Waals surface area contributed by atoms with Crippen molar-refractivity contribution in [1.82, 2.24) is 0 Å². The quantitative estimate of drug-likeness (QED) is 0.692. The summed E-state index contributed by atoms with van der Waals surface area (Å²) in [5.74, 6) is 1.61. The Morgan fingerprint density at radius 2 is 1.16 bits per heavy atom. The Kier molecular flexibility index (Phi) is 5.61. The number of hydrogen-bond donors (Lipinski definition) is 0. The summed E-state index contributed by atoms with van der Waals surface area (Å²) >= 11 is 0. The Balaban J connectivity index is 3.60. The SMILES string of the molecule is COc1ccc(OC)c([Si](OC)(OC)OC)c1OC. The summed E-state index contributed by atoms with van der Waals surface area (Å²) in [5.41, 5.74) is 0. The summed E-state index contributed by atoms with van der Waals surface area (Å²) in [5, 5.41) is 0.601. The summed E-state index contributed by atoms with van der Waals surface area (Å²) in [6, 6.07) is 3.51. The molecule has 7 heteroatoms. The lowest BCUT2D eigenvalue weighted by atomic mass is 10.3. The predicted molar refractivity (Wildman–Crippen MR) is 72.5 cm³/mol. The van der Waals surface area contributed by atoms with E-state index in [-0.39, 0.29) is 0 Å². The third-order valence-corrected chi connectivity index (χ3v) is 5.54. The lowest BCUT2D eigenvalue weighted by Crippen LogP contribution is -2.55. The molecule has 0 saturated heterocycles. The first-order valence-corrected chi connectivity index (χ1v) is 7.31. The average Bonchev–Trinajstić information content (AvgIpc) is 2.48. The molecule has 0 aliphatic heterocycles. The molecular weight excluding hydrogens is 268 g/mol. The molecule has 1 aromatic rings. The summed E-state index contributed by atoms with van der Waals surface area (Å²) in [7, 11) is 6.14. The van der Waals surface area contributed by atoms with Crippen LogP contribution in [0.1, 0.15) is 0 Å². The second-order valence-corrected chi connectivity index (χ2v) is 6.38. The number of rotatable bonds is 7. The predicted octanol–water partition coefficient (Wildman–Crippen LogP) is 0.797. The standard InChI is InChI=1S/C12H20O6Si/c1-13-9-7-8-10(14-2)12(11(9)15-3)19(16-4,17-5)18-6/h7-8H,1-6H3. The van der Waals surface area contributed by atoms with Crippen molar-refractivity contribution >= 4 is 14.0 Å². The molecule has 6 nitrogen and oxygen atoms in total. The van der Waals surface area contributed by atoms with Gasteiger partial charge in [0.2, 0.25) is 0 Å². The van der Waals surface area contributed by atoms with Gasteiger partial charge >= 0.3 is 8.80 Å². The van der Waals surface area contributed by atoms with Gasteiger partial charge in [0.15, 0.2) is 11.5 Å². The average molecular weight is 288 g/mol. The molecule has 0 unspecified atom stereocenters. The summed E-state index contributed by atoms with van der Waals surface area (Å²) in [6.45, 7) is 0. The number of methoxy groups -OCH3 is 3. The van der Waals surface area contributed by atoms with E-state index >= 15 is 0 Å². The van der Waals surface area contributed by atoms with Crippen LogP contribution in [0, 0.1) is 0 Å². The van der Waals surface area contributed by atoms with E-state index in [4.69, 9.17) is 27.5 Å². The minimum atomic E-state index is -3.10. The highest BCUT2D eigenvalue weighted by Crippen LogP contribution is 2.32. The zero-order valence-corrected chi connectivity index (χ0v) is 13.1. The number of hydrogen-bond acceptors (Lipinski definition) is 6. The zero-order chi connectivity index (χ0) is 14.5. The maximum absolute atomic E-state index is 5.49. The smallest absolute Gasteiger partial charge is 0.496 e. The van der Waals surface area contributed by atoms with Crippen molar-refractivity contribution in [2.24, 2.45) is 0 Å². The van der Waals surface area contributed by atoms with Crippen molar-refractivity contribution in [1.29, 1.82) is 0 Å². The Morgan fingerprint density at radius 3 is 1.53 bits per heavy atom. The van der Waals surface area contributed by atoms with Crippen molar-refractivity contribution < 1.29 is 27.5 Å². The van der Waals surface area contributed by atoms with E-state index in [0.717, 1.165) is 0 Å². The molecule has 0 fully saturated rings. The third kappa shape index (κ3) is 2.69. The molecule has 108 valence electrons. The zero-order valence-electron chi connectivity index (χ0n) is 12.1. The van der Waals surface area contributed by atoms with Crippen LogP contribution in [0.2, 0.25) is 0 Å². The van der Waals surface area contributed by atoms with E-state index in [9.17, 15) is 0 Å². The topological polar surface area (TPSA) is 55.4 Å². The van der Waals surface area contributed by atoms with Crippen LogP contribution in [0.4, 0.5) is 0 Å². The van der Waals surface area contributed by atoms with Crippen LogP contribution < -0.4 is 19.4 Å². The molecule has 0 aromatic heterocycles. The van der Waals surface area contributed by atoms with Gasteiger partial charge in [-0.3, -0.25) is 0 Å². The van der Waals surface area contributed by atoms with Gasteiger partial charge in [-0.2, -0.15) is 0 Å². The lowest BCUT2D eigenvalue weighted by Gasteiger charge is -2.28. The normalized spacial score (nSPS) is 11.3. The lowest BCUT2D eigenvalue weighted by molar-refractivity contribution is 0.138. The minimum Gasteiger partial charge on any atom is -0.496 e. The molecule has 0 aliphatic rings. The minimum absolute atomic E-state index is 0.485. The maximum atomic E-state index is 5.49. The van der Waals surface area contributed by atoms with Crippen LogP contribution >= 0.6 is 0 Å². The molecule has 0 spiro atoms. The van der Waals surface area contributed by atoms with E-state index < -0.39 is 8.80 Å². The summed E-state index contributed by atoms with van der Waals surface area (Å²) in [4.78, 5) is 0. The molecule has 0 bridgehead atoms. The van der Waals surface area contributed by atoms with Crippen molar-refractivity contribution in [2.75, 3.05) is 42.7 Å². The van der Waals surface area contributed by atoms with Crippen molar-refractivity contribution in [3.63, 3.8) is 0 Å². The van der Waals surface area contributed by atoms with E-state index in [1.54, 1.807) is 33.5 Å². The highest BCUT2D eigenvalue weighted by Gasteiger charge is 2.47. The largest absolute Gasteiger partial charge is 0.544 e. The summed E-state index contributed by atoms with van der Waals surface area (Å²) < 4.78 is 32.5.